The number of nitrogens with two attached hydrogens (primary N) is 1. The second kappa shape index (κ2) is 7.99. The fourth-order valence-electron chi connectivity index (χ4n) is 3.10. The summed E-state index contributed by atoms with van der Waals surface area (Å²) in [5, 5.41) is 0. The van der Waals surface area contributed by atoms with Crippen LogP contribution in [0.25, 0.3) is 0 Å². The van der Waals surface area contributed by atoms with Gasteiger partial charge in [0.05, 0.1) is 5.41 Å². The second-order valence-corrected chi connectivity index (χ2v) is 6.65. The summed E-state index contributed by atoms with van der Waals surface area (Å²) in [4.78, 5) is 14.7. The minimum atomic E-state index is -0.174. The zero-order valence-electron chi connectivity index (χ0n) is 13.7. The Bertz CT molecular complexity index is 299. The highest BCUT2D eigenvalue weighted by atomic mass is 16.5. The monoisotopic (exact) mass is 284 g/mol. The van der Waals surface area contributed by atoms with Crippen LogP contribution >= 0.6 is 0 Å². The first-order valence-corrected chi connectivity index (χ1v) is 7.93. The van der Waals surface area contributed by atoms with Crippen LogP contribution in [0.4, 0.5) is 0 Å². The van der Waals surface area contributed by atoms with E-state index >= 15 is 0 Å². The average molecular weight is 284 g/mol. The van der Waals surface area contributed by atoms with Gasteiger partial charge >= 0.3 is 0 Å². The van der Waals surface area contributed by atoms with Gasteiger partial charge in [0.25, 0.3) is 0 Å². The van der Waals surface area contributed by atoms with Crippen LogP contribution in [0.15, 0.2) is 0 Å². The molecule has 4 heteroatoms. The van der Waals surface area contributed by atoms with Crippen LogP contribution in [0.1, 0.15) is 52.4 Å². The summed E-state index contributed by atoms with van der Waals surface area (Å²) in [7, 11) is 3.63. The quantitative estimate of drug-likeness (QED) is 0.744. The first-order chi connectivity index (χ1) is 9.43. The third kappa shape index (κ3) is 4.45. The number of nitrogens with zero attached hydrogens (tertiary/aromatic N) is 1. The third-order valence-electron chi connectivity index (χ3n) is 4.80. The molecule has 1 atom stereocenters. The normalized spacial score (nSPS) is 19.3. The van der Waals surface area contributed by atoms with E-state index in [1.807, 2.05) is 11.9 Å². The lowest BCUT2D eigenvalue weighted by atomic mass is 9.81. The van der Waals surface area contributed by atoms with Gasteiger partial charge in [0, 0.05) is 33.4 Å². The Hall–Kier alpha value is -0.610. The predicted octanol–water partition coefficient (Wildman–Crippen LogP) is 2.42. The molecule has 2 N–H and O–H groups in total. The smallest absolute Gasteiger partial charge is 0.228 e. The van der Waals surface area contributed by atoms with Gasteiger partial charge in [-0.25, -0.2) is 0 Å². The Labute approximate surface area is 124 Å². The molecule has 0 bridgehead atoms. The molecule has 20 heavy (non-hydrogen) atoms. The maximum absolute atomic E-state index is 12.8. The minimum absolute atomic E-state index is 0.170. The summed E-state index contributed by atoms with van der Waals surface area (Å²) in [6.45, 7) is 5.69. The van der Waals surface area contributed by atoms with Crippen LogP contribution in [-0.4, -0.2) is 44.2 Å². The van der Waals surface area contributed by atoms with Crippen molar-refractivity contribution < 1.29 is 9.53 Å². The molecule has 1 saturated carbocycles. The molecule has 0 radical (unpaired) electrons. The van der Waals surface area contributed by atoms with E-state index in [0.29, 0.717) is 18.4 Å². The first-order valence-electron chi connectivity index (χ1n) is 7.93. The highest BCUT2D eigenvalue weighted by molar-refractivity contribution is 5.82. The Morgan fingerprint density at radius 2 is 1.95 bits per heavy atom. The van der Waals surface area contributed by atoms with Crippen LogP contribution in [0.5, 0.6) is 0 Å². The van der Waals surface area contributed by atoms with Crippen molar-refractivity contribution >= 4 is 5.91 Å². The van der Waals surface area contributed by atoms with Gasteiger partial charge in [-0.05, 0) is 31.6 Å². The van der Waals surface area contributed by atoms with Crippen molar-refractivity contribution in [3.63, 3.8) is 0 Å². The Balaban J connectivity index is 2.56. The van der Waals surface area contributed by atoms with Gasteiger partial charge in [-0.3, -0.25) is 4.79 Å². The maximum Gasteiger partial charge on any atom is 0.228 e. The van der Waals surface area contributed by atoms with E-state index in [9.17, 15) is 4.79 Å². The number of methoxy groups -OCH3 is 1. The molecular formula is C16H32N2O2. The third-order valence-corrected chi connectivity index (χ3v) is 4.80. The minimum Gasteiger partial charge on any atom is -0.385 e. The fourth-order valence-corrected chi connectivity index (χ4v) is 3.10. The summed E-state index contributed by atoms with van der Waals surface area (Å²) in [5.41, 5.74) is 5.90. The van der Waals surface area contributed by atoms with Crippen molar-refractivity contribution in [2.24, 2.45) is 17.1 Å². The summed E-state index contributed by atoms with van der Waals surface area (Å²) < 4.78 is 5.20. The first kappa shape index (κ1) is 17.4. The Morgan fingerprint density at radius 1 is 1.35 bits per heavy atom. The van der Waals surface area contributed by atoms with E-state index < -0.39 is 0 Å². The van der Waals surface area contributed by atoms with E-state index in [-0.39, 0.29) is 11.5 Å². The van der Waals surface area contributed by atoms with Crippen LogP contribution in [0.3, 0.4) is 0 Å². The molecule has 0 aromatic carbocycles. The molecule has 4 nitrogen and oxygen atoms in total. The van der Waals surface area contributed by atoms with E-state index in [2.05, 4.69) is 13.8 Å². The highest BCUT2D eigenvalue weighted by Crippen LogP contribution is 2.42. The van der Waals surface area contributed by atoms with E-state index in [4.69, 9.17) is 10.5 Å². The van der Waals surface area contributed by atoms with E-state index in [0.717, 1.165) is 45.1 Å². The van der Waals surface area contributed by atoms with Gasteiger partial charge in [0.1, 0.15) is 0 Å². The van der Waals surface area contributed by atoms with Crippen molar-refractivity contribution in [2.75, 3.05) is 27.3 Å². The van der Waals surface area contributed by atoms with Crippen LogP contribution in [0.2, 0.25) is 0 Å². The largest absolute Gasteiger partial charge is 0.385 e. The lowest BCUT2D eigenvalue weighted by Crippen LogP contribution is -2.43. The number of amides is 1. The van der Waals surface area contributed by atoms with Crippen molar-refractivity contribution in [3.8, 4) is 0 Å². The van der Waals surface area contributed by atoms with Crippen LogP contribution in [0, 0.1) is 11.3 Å². The molecule has 1 rings (SSSR count). The Kier molecular flexibility index (Phi) is 6.96. The number of ether oxygens (including phenoxy) is 1. The molecule has 0 aromatic rings. The van der Waals surface area contributed by atoms with Crippen molar-refractivity contribution in [1.29, 1.82) is 0 Å². The summed E-state index contributed by atoms with van der Waals surface area (Å²) >= 11 is 0. The van der Waals surface area contributed by atoms with E-state index in [1.165, 1.54) is 0 Å². The molecule has 1 aliphatic carbocycles. The summed E-state index contributed by atoms with van der Waals surface area (Å²) in [6, 6.07) is 0.170. The van der Waals surface area contributed by atoms with Gasteiger partial charge < -0.3 is 15.4 Å². The second-order valence-electron chi connectivity index (χ2n) is 6.65. The molecule has 0 heterocycles. The number of rotatable bonds is 8. The summed E-state index contributed by atoms with van der Waals surface area (Å²) in [6.07, 6.45) is 6.07. The molecule has 1 fully saturated rings. The maximum atomic E-state index is 12.8. The van der Waals surface area contributed by atoms with Gasteiger partial charge in [-0.1, -0.05) is 26.7 Å². The lowest BCUT2D eigenvalue weighted by Gasteiger charge is -2.33. The van der Waals surface area contributed by atoms with Gasteiger partial charge in [0.15, 0.2) is 0 Å². The van der Waals surface area contributed by atoms with Crippen molar-refractivity contribution in [3.05, 3.63) is 0 Å². The number of hydrogen-bond acceptors (Lipinski definition) is 3. The van der Waals surface area contributed by atoms with Gasteiger partial charge in [0.2, 0.25) is 5.91 Å². The van der Waals surface area contributed by atoms with Crippen molar-refractivity contribution in [1.82, 2.24) is 4.90 Å². The van der Waals surface area contributed by atoms with E-state index in [1.54, 1.807) is 7.11 Å². The fraction of sp³-hybridized carbons (Fsp3) is 0.938. The predicted molar refractivity (Wildman–Crippen MR) is 82.5 cm³/mol. The Morgan fingerprint density at radius 3 is 2.45 bits per heavy atom. The topological polar surface area (TPSA) is 55.6 Å². The molecule has 0 spiro atoms. The standard InChI is InChI=1S/C16H32N2O2/c1-13(2)14(17)7-11-18(3)15(19)16(10-12-20-4)8-5-6-9-16/h13-14H,5-12,17H2,1-4H3. The zero-order chi connectivity index (χ0) is 15.2. The van der Waals surface area contributed by atoms with Crippen molar-refractivity contribution in [2.45, 2.75) is 58.4 Å². The molecule has 0 aliphatic heterocycles. The number of hydrogen-bond donors (Lipinski definition) is 1. The van der Waals surface area contributed by atoms with Crippen LogP contribution in [-0.2, 0) is 9.53 Å². The van der Waals surface area contributed by atoms with Gasteiger partial charge in [-0.2, -0.15) is 0 Å². The average Bonchev–Trinajstić information content (AvgIpc) is 2.91. The molecule has 0 aromatic heterocycles. The molecule has 1 aliphatic rings. The SMILES string of the molecule is COCCC1(C(=O)N(C)CCC(N)C(C)C)CCCC1. The zero-order valence-corrected chi connectivity index (χ0v) is 13.7. The number of carbonyl (C=O) groups excluding carboxylic acids is 1. The molecular weight excluding hydrogens is 252 g/mol. The molecule has 0 saturated heterocycles. The number of carbonyl (C=O) groups is 1. The molecule has 1 unspecified atom stereocenters. The van der Waals surface area contributed by atoms with Gasteiger partial charge in [-0.15, -0.1) is 0 Å². The highest BCUT2D eigenvalue weighted by Gasteiger charge is 2.42. The summed E-state index contributed by atoms with van der Waals surface area (Å²) in [5.74, 6) is 0.760. The molecule has 1 amide bonds. The van der Waals surface area contributed by atoms with Crippen LogP contribution < -0.4 is 5.73 Å². The lowest BCUT2D eigenvalue weighted by molar-refractivity contribution is -0.141. The molecule has 118 valence electrons.